The maximum Gasteiger partial charge on any atom is 0.244 e. The van der Waals surface area contributed by atoms with E-state index in [1.54, 1.807) is 12.1 Å². The third-order valence-electron chi connectivity index (χ3n) is 3.57. The van der Waals surface area contributed by atoms with E-state index >= 15 is 0 Å². The van der Waals surface area contributed by atoms with Crippen LogP contribution >= 0.6 is 0 Å². The van der Waals surface area contributed by atoms with Gasteiger partial charge in [-0.2, -0.15) is 0 Å². The van der Waals surface area contributed by atoms with Crippen molar-refractivity contribution in [3.8, 4) is 5.75 Å². The Kier molecular flexibility index (Phi) is 5.58. The van der Waals surface area contributed by atoms with E-state index in [0.29, 0.717) is 24.6 Å². The van der Waals surface area contributed by atoms with Crippen LogP contribution in [0.1, 0.15) is 18.4 Å². The Morgan fingerprint density at radius 2 is 2.29 bits per heavy atom. The molecule has 118 valence electrons. The average Bonchev–Trinajstić information content (AvgIpc) is 2.99. The van der Waals surface area contributed by atoms with E-state index in [2.05, 4.69) is 4.72 Å². The van der Waals surface area contributed by atoms with Gasteiger partial charge < -0.3 is 14.6 Å². The van der Waals surface area contributed by atoms with Crippen LogP contribution in [0.5, 0.6) is 5.75 Å². The standard InChI is InChI=1S/C14H21NO5S/c1-19-13-3-2-12(9-16)8-14(13)21(17,18)15-6-4-11-5-7-20-10-11/h2-3,8,11,15-16H,4-7,9-10H2,1H3. The van der Waals surface area contributed by atoms with Gasteiger partial charge in [-0.3, -0.25) is 0 Å². The minimum absolute atomic E-state index is 0.0548. The Labute approximate surface area is 125 Å². The van der Waals surface area contributed by atoms with Gasteiger partial charge in [-0.05, 0) is 36.5 Å². The van der Waals surface area contributed by atoms with E-state index in [1.165, 1.54) is 13.2 Å². The summed E-state index contributed by atoms with van der Waals surface area (Å²) in [5.74, 6) is 0.683. The van der Waals surface area contributed by atoms with Crippen LogP contribution in [0, 0.1) is 5.92 Å². The highest BCUT2D eigenvalue weighted by Gasteiger charge is 2.21. The van der Waals surface area contributed by atoms with Crippen molar-refractivity contribution in [2.24, 2.45) is 5.92 Å². The summed E-state index contributed by atoms with van der Waals surface area (Å²) in [5, 5.41) is 9.14. The molecule has 1 saturated heterocycles. The summed E-state index contributed by atoms with van der Waals surface area (Å²) in [4.78, 5) is 0.0548. The fourth-order valence-corrected chi connectivity index (χ4v) is 3.58. The van der Waals surface area contributed by atoms with Crippen LogP contribution in [0.4, 0.5) is 0 Å². The molecule has 0 aromatic heterocycles. The quantitative estimate of drug-likeness (QED) is 0.780. The first-order valence-electron chi connectivity index (χ1n) is 6.92. The van der Waals surface area contributed by atoms with Crippen molar-refractivity contribution in [3.63, 3.8) is 0 Å². The lowest BCUT2D eigenvalue weighted by atomic mass is 10.1. The summed E-state index contributed by atoms with van der Waals surface area (Å²) in [6.45, 7) is 1.60. The molecular formula is C14H21NO5S. The molecule has 1 aromatic carbocycles. The first-order valence-corrected chi connectivity index (χ1v) is 8.40. The zero-order valence-electron chi connectivity index (χ0n) is 12.0. The van der Waals surface area contributed by atoms with Gasteiger partial charge in [-0.15, -0.1) is 0 Å². The van der Waals surface area contributed by atoms with Gasteiger partial charge in [-0.1, -0.05) is 6.07 Å². The van der Waals surface area contributed by atoms with Crippen molar-refractivity contribution in [2.45, 2.75) is 24.3 Å². The molecule has 0 radical (unpaired) electrons. The lowest BCUT2D eigenvalue weighted by molar-refractivity contribution is 0.184. The number of methoxy groups -OCH3 is 1. The van der Waals surface area contributed by atoms with Crippen LogP contribution in [0.2, 0.25) is 0 Å². The molecule has 1 atom stereocenters. The molecule has 7 heteroatoms. The highest BCUT2D eigenvalue weighted by molar-refractivity contribution is 7.89. The second kappa shape index (κ2) is 7.22. The van der Waals surface area contributed by atoms with Gasteiger partial charge in [-0.25, -0.2) is 13.1 Å². The number of hydrogen-bond acceptors (Lipinski definition) is 5. The van der Waals surface area contributed by atoms with Crippen molar-refractivity contribution < 1.29 is 23.0 Å². The maximum atomic E-state index is 12.3. The van der Waals surface area contributed by atoms with E-state index in [9.17, 15) is 8.42 Å². The molecule has 1 aliphatic heterocycles. The van der Waals surface area contributed by atoms with Gasteiger partial charge in [0, 0.05) is 19.8 Å². The molecule has 1 unspecified atom stereocenters. The molecule has 0 spiro atoms. The summed E-state index contributed by atoms with van der Waals surface area (Å²) in [7, 11) is -2.23. The topological polar surface area (TPSA) is 84.9 Å². The Morgan fingerprint density at radius 3 is 2.90 bits per heavy atom. The van der Waals surface area contributed by atoms with E-state index in [0.717, 1.165) is 19.4 Å². The molecule has 2 rings (SSSR count). The molecule has 21 heavy (non-hydrogen) atoms. The Hall–Kier alpha value is -1.15. The van der Waals surface area contributed by atoms with Crippen LogP contribution in [0.15, 0.2) is 23.1 Å². The minimum Gasteiger partial charge on any atom is -0.495 e. The molecule has 1 heterocycles. The summed E-state index contributed by atoms with van der Waals surface area (Å²) in [6, 6.07) is 4.61. The third kappa shape index (κ3) is 4.16. The first kappa shape index (κ1) is 16.2. The smallest absolute Gasteiger partial charge is 0.244 e. The van der Waals surface area contributed by atoms with Crippen LogP contribution in [0.3, 0.4) is 0 Å². The van der Waals surface area contributed by atoms with E-state index < -0.39 is 10.0 Å². The second-order valence-corrected chi connectivity index (χ2v) is 6.79. The number of nitrogens with one attached hydrogen (secondary N) is 1. The number of rotatable bonds is 7. The predicted molar refractivity (Wildman–Crippen MR) is 77.6 cm³/mol. The zero-order chi connectivity index (χ0) is 15.3. The summed E-state index contributed by atoms with van der Waals surface area (Å²) < 4.78 is 37.6. The Bertz CT molecular complexity index is 567. The maximum absolute atomic E-state index is 12.3. The van der Waals surface area contributed by atoms with Crippen molar-refractivity contribution in [1.29, 1.82) is 0 Å². The van der Waals surface area contributed by atoms with E-state index in [1.807, 2.05) is 0 Å². The lowest BCUT2D eigenvalue weighted by Crippen LogP contribution is -2.27. The van der Waals surface area contributed by atoms with Crippen molar-refractivity contribution >= 4 is 10.0 Å². The lowest BCUT2D eigenvalue weighted by Gasteiger charge is -2.13. The van der Waals surface area contributed by atoms with Crippen molar-refractivity contribution in [3.05, 3.63) is 23.8 Å². The van der Waals surface area contributed by atoms with E-state index in [4.69, 9.17) is 14.6 Å². The average molecular weight is 315 g/mol. The van der Waals surface area contributed by atoms with Gasteiger partial charge >= 0.3 is 0 Å². The zero-order valence-corrected chi connectivity index (χ0v) is 12.9. The number of aliphatic hydroxyl groups excluding tert-OH is 1. The monoisotopic (exact) mass is 315 g/mol. The molecule has 0 bridgehead atoms. The molecule has 0 saturated carbocycles. The SMILES string of the molecule is COc1ccc(CO)cc1S(=O)(=O)NCCC1CCOC1. The molecule has 1 aliphatic rings. The molecule has 6 nitrogen and oxygen atoms in total. The van der Waals surface area contributed by atoms with Gasteiger partial charge in [0.1, 0.15) is 10.6 Å². The van der Waals surface area contributed by atoms with Gasteiger partial charge in [0.2, 0.25) is 10.0 Å². The second-order valence-electron chi connectivity index (χ2n) is 5.06. The van der Waals surface area contributed by atoms with Crippen LogP contribution in [-0.2, 0) is 21.4 Å². The Balaban J connectivity index is 2.06. The predicted octanol–water partition coefficient (Wildman–Crippen LogP) is 0.892. The third-order valence-corrected chi connectivity index (χ3v) is 5.05. The molecular weight excluding hydrogens is 294 g/mol. The summed E-state index contributed by atoms with van der Waals surface area (Å²) >= 11 is 0. The van der Waals surface area contributed by atoms with Crippen LogP contribution < -0.4 is 9.46 Å². The molecule has 1 fully saturated rings. The molecule has 0 amide bonds. The highest BCUT2D eigenvalue weighted by Crippen LogP contribution is 2.25. The summed E-state index contributed by atoms with van der Waals surface area (Å²) in [6.07, 6.45) is 1.73. The van der Waals surface area contributed by atoms with Crippen molar-refractivity contribution in [1.82, 2.24) is 4.72 Å². The largest absolute Gasteiger partial charge is 0.495 e. The number of ether oxygens (including phenoxy) is 2. The normalized spacial score (nSPS) is 18.9. The number of aliphatic hydroxyl groups is 1. The Morgan fingerprint density at radius 1 is 1.48 bits per heavy atom. The number of benzene rings is 1. The molecule has 2 N–H and O–H groups in total. The number of sulfonamides is 1. The van der Waals surface area contributed by atoms with Crippen LogP contribution in [-0.4, -0.2) is 40.4 Å². The van der Waals surface area contributed by atoms with Gasteiger partial charge in [0.15, 0.2) is 0 Å². The number of hydrogen-bond donors (Lipinski definition) is 2. The van der Waals surface area contributed by atoms with Crippen molar-refractivity contribution in [2.75, 3.05) is 26.9 Å². The highest BCUT2D eigenvalue weighted by atomic mass is 32.2. The summed E-state index contributed by atoms with van der Waals surface area (Å²) in [5.41, 5.74) is 0.528. The molecule has 0 aliphatic carbocycles. The fourth-order valence-electron chi connectivity index (χ4n) is 2.32. The van der Waals surface area contributed by atoms with E-state index in [-0.39, 0.29) is 17.3 Å². The molecule has 1 aromatic rings. The van der Waals surface area contributed by atoms with Gasteiger partial charge in [0.25, 0.3) is 0 Å². The van der Waals surface area contributed by atoms with Gasteiger partial charge in [0.05, 0.1) is 13.7 Å². The first-order chi connectivity index (χ1) is 10.1. The van der Waals surface area contributed by atoms with Crippen LogP contribution in [0.25, 0.3) is 0 Å². The fraction of sp³-hybridized carbons (Fsp3) is 0.571. The minimum atomic E-state index is -3.65.